The van der Waals surface area contributed by atoms with Gasteiger partial charge in [0, 0.05) is 4.47 Å². The highest BCUT2D eigenvalue weighted by Crippen LogP contribution is 2.22. The van der Waals surface area contributed by atoms with E-state index in [-0.39, 0.29) is 5.75 Å². The van der Waals surface area contributed by atoms with Crippen LogP contribution in [0.2, 0.25) is 0 Å². The molecule has 6 heteroatoms. The van der Waals surface area contributed by atoms with Crippen molar-refractivity contribution < 1.29 is 14.3 Å². The standard InChI is InChI=1S/C10H8BrNO3S/c11-6-1-2-8-7(3-6)12-9(15-8)4-16-5-10(13)14/h1-3H,4-5H2,(H,13,14). The van der Waals surface area contributed by atoms with Crippen LogP contribution >= 0.6 is 27.7 Å². The van der Waals surface area contributed by atoms with Gasteiger partial charge >= 0.3 is 5.97 Å². The largest absolute Gasteiger partial charge is 0.481 e. The number of carboxylic acid groups (broad SMARTS) is 1. The van der Waals surface area contributed by atoms with Gasteiger partial charge in [0.05, 0.1) is 11.5 Å². The molecule has 0 spiro atoms. The maximum Gasteiger partial charge on any atom is 0.313 e. The molecule has 4 nitrogen and oxygen atoms in total. The molecule has 2 rings (SSSR count). The predicted octanol–water partition coefficient (Wildman–Crippen LogP) is 2.91. The van der Waals surface area contributed by atoms with E-state index < -0.39 is 5.97 Å². The van der Waals surface area contributed by atoms with Crippen molar-refractivity contribution in [2.24, 2.45) is 0 Å². The molecule has 16 heavy (non-hydrogen) atoms. The molecule has 0 saturated carbocycles. The van der Waals surface area contributed by atoms with Gasteiger partial charge in [-0.25, -0.2) is 4.98 Å². The number of carboxylic acids is 1. The molecule has 0 atom stereocenters. The Kier molecular flexibility index (Phi) is 3.50. The van der Waals surface area contributed by atoms with Crippen molar-refractivity contribution in [3.05, 3.63) is 28.6 Å². The lowest BCUT2D eigenvalue weighted by Gasteiger charge is -1.91. The van der Waals surface area contributed by atoms with Crippen LogP contribution in [0.1, 0.15) is 5.89 Å². The average Bonchev–Trinajstić information content (AvgIpc) is 2.58. The van der Waals surface area contributed by atoms with Crippen molar-refractivity contribution in [1.29, 1.82) is 0 Å². The first kappa shape index (κ1) is 11.5. The zero-order valence-corrected chi connectivity index (χ0v) is 10.5. The van der Waals surface area contributed by atoms with Crippen LogP contribution in [0.25, 0.3) is 11.1 Å². The first-order valence-electron chi connectivity index (χ1n) is 4.49. The topological polar surface area (TPSA) is 63.3 Å². The first-order chi connectivity index (χ1) is 7.65. The van der Waals surface area contributed by atoms with E-state index in [9.17, 15) is 4.79 Å². The van der Waals surface area contributed by atoms with Crippen molar-refractivity contribution >= 4 is 44.8 Å². The Morgan fingerprint density at radius 2 is 2.38 bits per heavy atom. The predicted molar refractivity (Wildman–Crippen MR) is 65.5 cm³/mol. The molecule has 0 aliphatic heterocycles. The zero-order chi connectivity index (χ0) is 11.5. The highest BCUT2D eigenvalue weighted by molar-refractivity contribution is 9.10. The second-order valence-electron chi connectivity index (χ2n) is 3.11. The van der Waals surface area contributed by atoms with Gasteiger partial charge in [0.2, 0.25) is 5.89 Å². The molecule has 0 amide bonds. The maximum atomic E-state index is 10.3. The lowest BCUT2D eigenvalue weighted by Crippen LogP contribution is -1.98. The highest BCUT2D eigenvalue weighted by Gasteiger charge is 2.07. The van der Waals surface area contributed by atoms with E-state index in [1.807, 2.05) is 18.2 Å². The number of hydrogen-bond donors (Lipinski definition) is 1. The van der Waals surface area contributed by atoms with Crippen LogP contribution in [0.3, 0.4) is 0 Å². The normalized spacial score (nSPS) is 10.8. The number of aromatic nitrogens is 1. The Balaban J connectivity index is 2.10. The molecular formula is C10H8BrNO3S. The Morgan fingerprint density at radius 1 is 1.56 bits per heavy atom. The summed E-state index contributed by atoms with van der Waals surface area (Å²) >= 11 is 4.62. The van der Waals surface area contributed by atoms with Gasteiger partial charge in [-0.2, -0.15) is 0 Å². The number of oxazole rings is 1. The molecule has 84 valence electrons. The van der Waals surface area contributed by atoms with Crippen LogP contribution in [0.5, 0.6) is 0 Å². The molecular weight excluding hydrogens is 294 g/mol. The number of hydrogen-bond acceptors (Lipinski definition) is 4. The van der Waals surface area contributed by atoms with Crippen molar-refractivity contribution in [3.8, 4) is 0 Å². The van der Waals surface area contributed by atoms with E-state index in [0.717, 1.165) is 9.99 Å². The maximum absolute atomic E-state index is 10.3. The molecule has 0 unspecified atom stereocenters. The van der Waals surface area contributed by atoms with Crippen LogP contribution in [-0.4, -0.2) is 21.8 Å². The smallest absolute Gasteiger partial charge is 0.313 e. The minimum absolute atomic E-state index is 0.0580. The minimum Gasteiger partial charge on any atom is -0.481 e. The fourth-order valence-corrected chi connectivity index (χ4v) is 2.16. The number of aliphatic carboxylic acids is 1. The highest BCUT2D eigenvalue weighted by atomic mass is 79.9. The van der Waals surface area contributed by atoms with Gasteiger partial charge in [0.25, 0.3) is 0 Å². The summed E-state index contributed by atoms with van der Waals surface area (Å²) in [5.74, 6) is 0.254. The van der Waals surface area contributed by atoms with Gasteiger partial charge in [-0.05, 0) is 18.2 Å². The summed E-state index contributed by atoms with van der Waals surface area (Å²) in [4.78, 5) is 14.6. The van der Waals surface area contributed by atoms with E-state index in [1.165, 1.54) is 11.8 Å². The fraction of sp³-hybridized carbons (Fsp3) is 0.200. The molecule has 0 aliphatic carbocycles. The SMILES string of the molecule is O=C(O)CSCc1nc2cc(Br)ccc2o1. The van der Waals surface area contributed by atoms with Gasteiger partial charge in [-0.1, -0.05) is 15.9 Å². The first-order valence-corrected chi connectivity index (χ1v) is 6.44. The quantitative estimate of drug-likeness (QED) is 0.941. The number of nitrogens with zero attached hydrogens (tertiary/aromatic N) is 1. The van der Waals surface area contributed by atoms with Crippen molar-refractivity contribution in [2.75, 3.05) is 5.75 Å². The van der Waals surface area contributed by atoms with Crippen LogP contribution < -0.4 is 0 Å². The summed E-state index contributed by atoms with van der Waals surface area (Å²) in [5.41, 5.74) is 1.49. The van der Waals surface area contributed by atoms with Crippen LogP contribution in [0.15, 0.2) is 27.1 Å². The van der Waals surface area contributed by atoms with Gasteiger partial charge in [0.15, 0.2) is 5.58 Å². The number of carbonyl (C=O) groups is 1. The van der Waals surface area contributed by atoms with Gasteiger partial charge in [-0.3, -0.25) is 4.79 Å². The van der Waals surface area contributed by atoms with E-state index >= 15 is 0 Å². The zero-order valence-electron chi connectivity index (χ0n) is 8.14. The Hall–Kier alpha value is -1.01. The molecule has 2 aromatic rings. The molecule has 0 fully saturated rings. The lowest BCUT2D eigenvalue weighted by molar-refractivity contribution is -0.133. The summed E-state index contributed by atoms with van der Waals surface area (Å²) in [7, 11) is 0. The summed E-state index contributed by atoms with van der Waals surface area (Å²) in [6, 6.07) is 5.57. The van der Waals surface area contributed by atoms with Crippen molar-refractivity contribution in [2.45, 2.75) is 5.75 Å². The fourth-order valence-electron chi connectivity index (χ4n) is 1.24. The summed E-state index contributed by atoms with van der Waals surface area (Å²) in [6.07, 6.45) is 0. The van der Waals surface area contributed by atoms with Crippen LogP contribution in [0, 0.1) is 0 Å². The van der Waals surface area contributed by atoms with Gasteiger partial charge in [0.1, 0.15) is 5.52 Å². The monoisotopic (exact) mass is 301 g/mol. The third-order valence-corrected chi connectivity index (χ3v) is 3.24. The molecule has 0 saturated heterocycles. The lowest BCUT2D eigenvalue weighted by atomic mass is 10.3. The third-order valence-electron chi connectivity index (χ3n) is 1.84. The number of fused-ring (bicyclic) bond motifs is 1. The van der Waals surface area contributed by atoms with Gasteiger partial charge < -0.3 is 9.52 Å². The molecule has 0 radical (unpaired) electrons. The number of thioether (sulfide) groups is 1. The molecule has 1 aromatic carbocycles. The number of halogens is 1. The summed E-state index contributed by atoms with van der Waals surface area (Å²) in [6.45, 7) is 0. The van der Waals surface area contributed by atoms with Crippen molar-refractivity contribution in [3.63, 3.8) is 0 Å². The number of benzene rings is 1. The molecule has 1 aromatic heterocycles. The van der Waals surface area contributed by atoms with Crippen LogP contribution in [-0.2, 0) is 10.5 Å². The minimum atomic E-state index is -0.830. The van der Waals surface area contributed by atoms with Crippen LogP contribution in [0.4, 0.5) is 0 Å². The van der Waals surface area contributed by atoms with E-state index in [4.69, 9.17) is 9.52 Å². The summed E-state index contributed by atoms with van der Waals surface area (Å²) in [5, 5.41) is 8.49. The Bertz CT molecular complexity index is 526. The second-order valence-corrected chi connectivity index (χ2v) is 5.01. The number of rotatable bonds is 4. The molecule has 1 heterocycles. The van der Waals surface area contributed by atoms with E-state index in [0.29, 0.717) is 17.2 Å². The second kappa shape index (κ2) is 4.88. The Morgan fingerprint density at radius 3 is 3.12 bits per heavy atom. The average molecular weight is 302 g/mol. The summed E-state index contributed by atoms with van der Waals surface area (Å²) < 4.78 is 6.40. The molecule has 1 N–H and O–H groups in total. The van der Waals surface area contributed by atoms with Crippen molar-refractivity contribution in [1.82, 2.24) is 4.98 Å². The van der Waals surface area contributed by atoms with E-state index in [1.54, 1.807) is 0 Å². The van der Waals surface area contributed by atoms with Gasteiger partial charge in [-0.15, -0.1) is 11.8 Å². The molecule has 0 bridgehead atoms. The van der Waals surface area contributed by atoms with E-state index in [2.05, 4.69) is 20.9 Å². The third kappa shape index (κ3) is 2.76. The Labute approximate surface area is 104 Å². The molecule has 0 aliphatic rings.